The van der Waals surface area contributed by atoms with Gasteiger partial charge in [-0.3, -0.25) is 0 Å². The number of benzene rings is 3. The van der Waals surface area contributed by atoms with Crippen LogP contribution in [0.3, 0.4) is 0 Å². The summed E-state index contributed by atoms with van der Waals surface area (Å²) < 4.78 is 26.3. The average Bonchev–Trinajstić information content (AvgIpc) is 2.59. The number of nitrogens with two attached hydrogens (primary N) is 1. The number of hydrogen-bond acceptors (Lipinski definition) is 3. The Morgan fingerprint density at radius 1 is 0.917 bits per heavy atom. The predicted octanol–water partition coefficient (Wildman–Crippen LogP) is 4.36. The van der Waals surface area contributed by atoms with E-state index in [1.54, 1.807) is 24.3 Å². The lowest BCUT2D eigenvalue weighted by Crippen LogP contribution is -2.17. The van der Waals surface area contributed by atoms with E-state index in [0.29, 0.717) is 22.9 Å². The van der Waals surface area contributed by atoms with Crippen molar-refractivity contribution >= 4 is 32.2 Å². The van der Waals surface area contributed by atoms with Gasteiger partial charge in [0.05, 0.1) is 10.1 Å². The molecule has 24 heavy (non-hydrogen) atoms. The molecule has 0 saturated heterocycles. The van der Waals surface area contributed by atoms with Crippen molar-refractivity contribution in [2.24, 2.45) is 5.73 Å². The molecule has 0 heterocycles. The van der Waals surface area contributed by atoms with Crippen LogP contribution in [0.4, 0.5) is 0 Å². The van der Waals surface area contributed by atoms with Gasteiger partial charge in [-0.05, 0) is 53.6 Å². The Kier molecular flexibility index (Phi) is 4.90. The van der Waals surface area contributed by atoms with Gasteiger partial charge in [0.25, 0.3) is 0 Å². The maximum absolute atomic E-state index is 13.2. The average molecular weight is 360 g/mol. The molecule has 124 valence electrons. The van der Waals surface area contributed by atoms with Gasteiger partial charge in [-0.15, -0.1) is 0 Å². The number of halogens is 1. The Morgan fingerprint density at radius 2 is 1.58 bits per heavy atom. The van der Waals surface area contributed by atoms with E-state index in [-0.39, 0.29) is 0 Å². The lowest BCUT2D eigenvalue weighted by molar-refractivity contribution is 0.576. The van der Waals surface area contributed by atoms with Crippen LogP contribution in [0.1, 0.15) is 17.2 Å². The van der Waals surface area contributed by atoms with Crippen molar-refractivity contribution in [3.63, 3.8) is 0 Å². The maximum Gasteiger partial charge on any atom is 0.185 e. The van der Waals surface area contributed by atoms with Crippen LogP contribution in [0.15, 0.2) is 71.6 Å². The molecule has 0 aromatic heterocycles. The molecule has 3 rings (SSSR count). The molecule has 0 fully saturated rings. The quantitative estimate of drug-likeness (QED) is 0.736. The van der Waals surface area contributed by atoms with E-state index in [2.05, 4.69) is 0 Å². The van der Waals surface area contributed by atoms with Crippen molar-refractivity contribution in [3.05, 3.63) is 77.3 Å². The zero-order valence-corrected chi connectivity index (χ0v) is 14.6. The summed E-state index contributed by atoms with van der Waals surface area (Å²) >= 11 is 5.99. The van der Waals surface area contributed by atoms with Crippen LogP contribution in [0.25, 0.3) is 10.8 Å². The second-order valence-electron chi connectivity index (χ2n) is 5.67. The molecular weight excluding hydrogens is 342 g/mol. The molecule has 1 atom stereocenters. The molecule has 5 heteroatoms. The zero-order chi connectivity index (χ0) is 17.2. The fraction of sp³-hybridized carbons (Fsp3) is 0.158. The molecule has 0 aliphatic rings. The van der Waals surface area contributed by atoms with Crippen molar-refractivity contribution in [1.29, 1.82) is 0 Å². The second-order valence-corrected chi connectivity index (χ2v) is 8.24. The first kappa shape index (κ1) is 17.0. The molecule has 0 amide bonds. The maximum atomic E-state index is 13.2. The zero-order valence-electron chi connectivity index (χ0n) is 13.0. The van der Waals surface area contributed by atoms with Crippen LogP contribution in [-0.2, 0) is 9.84 Å². The van der Waals surface area contributed by atoms with Gasteiger partial charge in [-0.2, -0.15) is 0 Å². The Bertz CT molecular complexity index is 956. The molecule has 0 saturated carbocycles. The van der Waals surface area contributed by atoms with Crippen molar-refractivity contribution in [1.82, 2.24) is 0 Å². The van der Waals surface area contributed by atoms with Gasteiger partial charge in [0.1, 0.15) is 0 Å². The van der Waals surface area contributed by atoms with E-state index in [9.17, 15) is 8.42 Å². The number of fused-ring (bicyclic) bond motifs is 1. The number of sulfone groups is 1. The van der Waals surface area contributed by atoms with Gasteiger partial charge in [-0.1, -0.05) is 54.1 Å². The molecule has 3 aromatic carbocycles. The van der Waals surface area contributed by atoms with Gasteiger partial charge >= 0.3 is 0 Å². The molecule has 0 aliphatic carbocycles. The summed E-state index contributed by atoms with van der Waals surface area (Å²) in [5, 5.41) is 1.74. The molecule has 0 bridgehead atoms. The van der Waals surface area contributed by atoms with Gasteiger partial charge in [-0.25, -0.2) is 8.42 Å². The van der Waals surface area contributed by atoms with E-state index in [4.69, 9.17) is 17.3 Å². The van der Waals surface area contributed by atoms with Crippen LogP contribution >= 0.6 is 11.6 Å². The van der Waals surface area contributed by atoms with Crippen molar-refractivity contribution in [3.8, 4) is 0 Å². The van der Waals surface area contributed by atoms with Crippen LogP contribution in [0.5, 0.6) is 0 Å². The molecular formula is C19H18ClNO2S. The lowest BCUT2D eigenvalue weighted by atomic mass is 10.1. The molecule has 3 nitrogen and oxygen atoms in total. The van der Waals surface area contributed by atoms with E-state index in [0.717, 1.165) is 16.3 Å². The van der Waals surface area contributed by atoms with Gasteiger partial charge < -0.3 is 5.73 Å². The Labute approximate surface area is 147 Å². The van der Waals surface area contributed by atoms with Crippen molar-refractivity contribution < 1.29 is 8.42 Å². The highest BCUT2D eigenvalue weighted by atomic mass is 35.5. The fourth-order valence-corrected chi connectivity index (χ4v) is 4.88. The van der Waals surface area contributed by atoms with E-state index in [1.165, 1.54) is 0 Å². The first-order chi connectivity index (χ1) is 11.5. The molecule has 0 aliphatic heterocycles. The molecule has 1 unspecified atom stereocenters. The molecule has 0 spiro atoms. The summed E-state index contributed by atoms with van der Waals surface area (Å²) in [7, 11) is -3.53. The Morgan fingerprint density at radius 3 is 2.29 bits per heavy atom. The van der Waals surface area contributed by atoms with E-state index < -0.39 is 15.1 Å². The summed E-state index contributed by atoms with van der Waals surface area (Å²) in [6.45, 7) is 0.308. The third-order valence-electron chi connectivity index (χ3n) is 4.08. The molecule has 0 radical (unpaired) electrons. The van der Waals surface area contributed by atoms with Crippen LogP contribution in [0, 0.1) is 0 Å². The minimum Gasteiger partial charge on any atom is -0.330 e. The van der Waals surface area contributed by atoms with E-state index >= 15 is 0 Å². The third kappa shape index (κ3) is 3.31. The first-order valence-electron chi connectivity index (χ1n) is 7.70. The van der Waals surface area contributed by atoms with Gasteiger partial charge in [0.2, 0.25) is 0 Å². The Balaban J connectivity index is 2.09. The van der Waals surface area contributed by atoms with Crippen LogP contribution in [-0.4, -0.2) is 15.0 Å². The SMILES string of the molecule is NCCC(c1ccccc1)S(=O)(=O)c1ccc2cc(Cl)ccc2c1. The summed E-state index contributed by atoms with van der Waals surface area (Å²) in [5.41, 5.74) is 6.43. The fourth-order valence-electron chi connectivity index (χ4n) is 2.86. The second kappa shape index (κ2) is 6.93. The third-order valence-corrected chi connectivity index (χ3v) is 6.48. The molecule has 3 aromatic rings. The van der Waals surface area contributed by atoms with Crippen molar-refractivity contribution in [2.75, 3.05) is 6.54 Å². The largest absolute Gasteiger partial charge is 0.330 e. The normalized spacial score (nSPS) is 13.1. The first-order valence-corrected chi connectivity index (χ1v) is 9.63. The number of rotatable bonds is 5. The van der Waals surface area contributed by atoms with Crippen molar-refractivity contribution in [2.45, 2.75) is 16.6 Å². The standard InChI is InChI=1S/C19H18ClNO2S/c20-17-8-6-16-13-18(9-7-15(16)12-17)24(22,23)19(10-11-21)14-4-2-1-3-5-14/h1-9,12-13,19H,10-11,21H2. The minimum absolute atomic E-state index is 0.305. The predicted molar refractivity (Wildman–Crippen MR) is 99.0 cm³/mol. The van der Waals surface area contributed by atoms with Crippen LogP contribution in [0.2, 0.25) is 5.02 Å². The van der Waals surface area contributed by atoms with E-state index in [1.807, 2.05) is 42.5 Å². The minimum atomic E-state index is -3.53. The summed E-state index contributed by atoms with van der Waals surface area (Å²) in [6.07, 6.45) is 0.380. The van der Waals surface area contributed by atoms with Crippen LogP contribution < -0.4 is 5.73 Å². The highest BCUT2D eigenvalue weighted by molar-refractivity contribution is 7.91. The van der Waals surface area contributed by atoms with Gasteiger partial charge in [0.15, 0.2) is 9.84 Å². The van der Waals surface area contributed by atoms with Gasteiger partial charge in [0, 0.05) is 5.02 Å². The number of hydrogen-bond donors (Lipinski definition) is 1. The highest BCUT2D eigenvalue weighted by Gasteiger charge is 2.28. The topological polar surface area (TPSA) is 60.2 Å². The smallest absolute Gasteiger partial charge is 0.185 e. The molecule has 2 N–H and O–H groups in total. The summed E-state index contributed by atoms with van der Waals surface area (Å²) in [5.74, 6) is 0. The summed E-state index contributed by atoms with van der Waals surface area (Å²) in [6, 6.07) is 19.8. The summed E-state index contributed by atoms with van der Waals surface area (Å²) in [4.78, 5) is 0.305. The monoisotopic (exact) mass is 359 g/mol. The highest BCUT2D eigenvalue weighted by Crippen LogP contribution is 2.33. The lowest BCUT2D eigenvalue weighted by Gasteiger charge is -2.18. The Hall–Kier alpha value is -1.88.